The molecule has 1 heterocycles. The third-order valence-electron chi connectivity index (χ3n) is 4.91. The van der Waals surface area contributed by atoms with Crippen LogP contribution in [0, 0.1) is 17.8 Å². The summed E-state index contributed by atoms with van der Waals surface area (Å²) in [5, 5.41) is 6.52. The van der Waals surface area contributed by atoms with Gasteiger partial charge in [-0.2, -0.15) is 0 Å². The van der Waals surface area contributed by atoms with Gasteiger partial charge in [0.25, 0.3) is 0 Å². The first-order valence-electron chi connectivity index (χ1n) is 8.28. The fourth-order valence-corrected chi connectivity index (χ4v) is 3.48. The van der Waals surface area contributed by atoms with E-state index in [-0.39, 0.29) is 0 Å². The minimum absolute atomic E-state index is 0.298. The lowest BCUT2D eigenvalue weighted by atomic mass is 9.79. The number of rotatable bonds is 6. The first-order chi connectivity index (χ1) is 9.29. The molecule has 3 nitrogen and oxygen atoms in total. The molecule has 0 spiro atoms. The number of nitrogens with one attached hydrogen (secondary N) is 2. The van der Waals surface area contributed by atoms with Crippen LogP contribution < -0.4 is 10.6 Å². The number of amides is 1. The van der Waals surface area contributed by atoms with Crippen molar-refractivity contribution in [3.05, 3.63) is 0 Å². The van der Waals surface area contributed by atoms with Gasteiger partial charge in [0.1, 0.15) is 0 Å². The van der Waals surface area contributed by atoms with Gasteiger partial charge >= 0.3 is 0 Å². The van der Waals surface area contributed by atoms with Crippen molar-refractivity contribution in [2.75, 3.05) is 19.6 Å². The number of unbranched alkanes of at least 4 members (excludes halogenated alkanes) is 1. The summed E-state index contributed by atoms with van der Waals surface area (Å²) in [7, 11) is 0. The number of hydrogen-bond acceptors (Lipinski definition) is 2. The molecule has 1 saturated carbocycles. The summed E-state index contributed by atoms with van der Waals surface area (Å²) >= 11 is 0. The van der Waals surface area contributed by atoms with Gasteiger partial charge in [-0.05, 0) is 57.0 Å². The van der Waals surface area contributed by atoms with Gasteiger partial charge in [0, 0.05) is 12.5 Å². The van der Waals surface area contributed by atoms with E-state index in [0.29, 0.717) is 17.7 Å². The van der Waals surface area contributed by atoms with Gasteiger partial charge in [0.05, 0.1) is 0 Å². The second-order valence-corrected chi connectivity index (χ2v) is 6.46. The molecule has 2 aliphatic rings. The molecule has 110 valence electrons. The summed E-state index contributed by atoms with van der Waals surface area (Å²) < 4.78 is 0. The topological polar surface area (TPSA) is 41.1 Å². The molecular weight excluding hydrogens is 236 g/mol. The third-order valence-corrected chi connectivity index (χ3v) is 4.91. The summed E-state index contributed by atoms with van der Waals surface area (Å²) in [4.78, 5) is 12.1. The molecule has 0 bridgehead atoms. The first kappa shape index (κ1) is 14.8. The molecular formula is C16H30N2O. The zero-order valence-corrected chi connectivity index (χ0v) is 12.4. The molecule has 0 aromatic carbocycles. The van der Waals surface area contributed by atoms with Gasteiger partial charge in [-0.15, -0.1) is 0 Å². The minimum atomic E-state index is 0.298. The van der Waals surface area contributed by atoms with E-state index in [4.69, 9.17) is 0 Å². The molecule has 1 atom stereocenters. The molecule has 0 aromatic rings. The van der Waals surface area contributed by atoms with Gasteiger partial charge in [-0.25, -0.2) is 0 Å². The fourth-order valence-electron chi connectivity index (χ4n) is 3.48. The van der Waals surface area contributed by atoms with Crippen LogP contribution in [0.5, 0.6) is 0 Å². The van der Waals surface area contributed by atoms with E-state index in [2.05, 4.69) is 17.6 Å². The third kappa shape index (κ3) is 4.79. The highest BCUT2D eigenvalue weighted by Crippen LogP contribution is 2.31. The number of carbonyl (C=O) groups excluding carboxylic acids is 1. The molecule has 1 amide bonds. The maximum absolute atomic E-state index is 12.1. The van der Waals surface area contributed by atoms with E-state index < -0.39 is 0 Å². The smallest absolute Gasteiger partial charge is 0.223 e. The van der Waals surface area contributed by atoms with Crippen molar-refractivity contribution in [2.24, 2.45) is 17.8 Å². The average molecular weight is 266 g/mol. The lowest BCUT2D eigenvalue weighted by molar-refractivity contribution is -0.126. The Bertz CT molecular complexity index is 266. The molecule has 1 saturated heterocycles. The van der Waals surface area contributed by atoms with Crippen molar-refractivity contribution in [1.29, 1.82) is 0 Å². The normalized spacial score (nSPS) is 31.3. The van der Waals surface area contributed by atoms with E-state index in [1.165, 1.54) is 38.5 Å². The van der Waals surface area contributed by atoms with Crippen LogP contribution in [0.15, 0.2) is 0 Å². The molecule has 2 fully saturated rings. The Hall–Kier alpha value is -0.570. The monoisotopic (exact) mass is 266 g/mol. The lowest BCUT2D eigenvalue weighted by Crippen LogP contribution is -2.36. The van der Waals surface area contributed by atoms with Gasteiger partial charge in [-0.1, -0.05) is 26.2 Å². The van der Waals surface area contributed by atoms with Crippen LogP contribution in [-0.2, 0) is 4.79 Å². The van der Waals surface area contributed by atoms with Gasteiger partial charge in [0.2, 0.25) is 5.91 Å². The highest BCUT2D eigenvalue weighted by Gasteiger charge is 2.26. The molecule has 2 rings (SSSR count). The second-order valence-electron chi connectivity index (χ2n) is 6.46. The maximum Gasteiger partial charge on any atom is 0.223 e. The SMILES string of the molecule is CCCCC1CCC(C(=O)NCC2CCNC2)CC1. The molecule has 0 radical (unpaired) electrons. The lowest BCUT2D eigenvalue weighted by Gasteiger charge is -2.28. The summed E-state index contributed by atoms with van der Waals surface area (Å²) in [6.07, 6.45) is 10.0. The Kier molecular flexibility index (Phi) is 6.15. The largest absolute Gasteiger partial charge is 0.356 e. The zero-order valence-electron chi connectivity index (χ0n) is 12.4. The molecule has 1 unspecified atom stereocenters. The zero-order chi connectivity index (χ0) is 13.5. The Morgan fingerprint density at radius 1 is 1.16 bits per heavy atom. The van der Waals surface area contributed by atoms with Crippen LogP contribution >= 0.6 is 0 Å². The maximum atomic E-state index is 12.1. The van der Waals surface area contributed by atoms with E-state index in [1.807, 2.05) is 0 Å². The number of carbonyl (C=O) groups is 1. The van der Waals surface area contributed by atoms with Crippen molar-refractivity contribution in [1.82, 2.24) is 10.6 Å². The Morgan fingerprint density at radius 2 is 1.95 bits per heavy atom. The summed E-state index contributed by atoms with van der Waals surface area (Å²) in [6, 6.07) is 0. The van der Waals surface area contributed by atoms with Crippen LogP contribution in [0.3, 0.4) is 0 Å². The van der Waals surface area contributed by atoms with Crippen LogP contribution in [0.1, 0.15) is 58.3 Å². The van der Waals surface area contributed by atoms with Gasteiger partial charge in [-0.3, -0.25) is 4.79 Å². The Morgan fingerprint density at radius 3 is 2.58 bits per heavy atom. The molecule has 0 aromatic heterocycles. The number of hydrogen-bond donors (Lipinski definition) is 2. The van der Waals surface area contributed by atoms with Gasteiger partial charge < -0.3 is 10.6 Å². The summed E-state index contributed by atoms with van der Waals surface area (Å²) in [5.74, 6) is 2.17. The predicted octanol–water partition coefficient (Wildman–Crippen LogP) is 2.71. The van der Waals surface area contributed by atoms with Crippen LogP contribution in [0.4, 0.5) is 0 Å². The second kappa shape index (κ2) is 7.88. The van der Waals surface area contributed by atoms with E-state index in [9.17, 15) is 4.79 Å². The van der Waals surface area contributed by atoms with Crippen molar-refractivity contribution in [2.45, 2.75) is 58.3 Å². The Balaban J connectivity index is 1.61. The quantitative estimate of drug-likeness (QED) is 0.776. The van der Waals surface area contributed by atoms with Crippen LogP contribution in [0.2, 0.25) is 0 Å². The first-order valence-corrected chi connectivity index (χ1v) is 8.28. The average Bonchev–Trinajstić information content (AvgIpc) is 2.96. The van der Waals surface area contributed by atoms with Crippen LogP contribution in [0.25, 0.3) is 0 Å². The molecule has 1 aliphatic carbocycles. The minimum Gasteiger partial charge on any atom is -0.356 e. The summed E-state index contributed by atoms with van der Waals surface area (Å²) in [6.45, 7) is 5.33. The molecule has 3 heteroatoms. The highest BCUT2D eigenvalue weighted by atomic mass is 16.1. The van der Waals surface area contributed by atoms with Crippen molar-refractivity contribution in [3.8, 4) is 0 Å². The highest BCUT2D eigenvalue weighted by molar-refractivity contribution is 5.78. The van der Waals surface area contributed by atoms with Crippen LogP contribution in [-0.4, -0.2) is 25.5 Å². The predicted molar refractivity (Wildman–Crippen MR) is 79.0 cm³/mol. The standard InChI is InChI=1S/C16H30N2O/c1-2-3-4-13-5-7-15(8-6-13)16(19)18-12-14-9-10-17-11-14/h13-15,17H,2-12H2,1H3,(H,18,19). The molecule has 19 heavy (non-hydrogen) atoms. The van der Waals surface area contributed by atoms with Crippen molar-refractivity contribution < 1.29 is 4.79 Å². The van der Waals surface area contributed by atoms with E-state index in [1.54, 1.807) is 0 Å². The van der Waals surface area contributed by atoms with Crippen molar-refractivity contribution in [3.63, 3.8) is 0 Å². The summed E-state index contributed by atoms with van der Waals surface area (Å²) in [5.41, 5.74) is 0. The molecule has 2 N–H and O–H groups in total. The fraction of sp³-hybridized carbons (Fsp3) is 0.938. The molecule has 1 aliphatic heterocycles. The van der Waals surface area contributed by atoms with Crippen molar-refractivity contribution >= 4 is 5.91 Å². The van der Waals surface area contributed by atoms with E-state index >= 15 is 0 Å². The van der Waals surface area contributed by atoms with E-state index in [0.717, 1.165) is 38.4 Å². The van der Waals surface area contributed by atoms with Gasteiger partial charge in [0.15, 0.2) is 0 Å². The Labute approximate surface area is 117 Å².